The lowest BCUT2D eigenvalue weighted by molar-refractivity contribution is -0.143. The maximum absolute atomic E-state index is 15.2. The fourth-order valence-corrected chi connectivity index (χ4v) is 13.1. The number of halogens is 7. The van der Waals surface area contributed by atoms with Gasteiger partial charge in [0.1, 0.15) is 16.6 Å². The van der Waals surface area contributed by atoms with Crippen LogP contribution in [0.15, 0.2) is 30.3 Å². The summed E-state index contributed by atoms with van der Waals surface area (Å²) < 4.78 is 105. The third-order valence-corrected chi connectivity index (χ3v) is 16.7. The smallest absolute Gasteiger partial charge is 0.420 e. The van der Waals surface area contributed by atoms with Crippen LogP contribution in [-0.4, -0.2) is 146 Å². The first-order chi connectivity index (χ1) is 35.7. The number of carbonyl (C=O) groups excluding carboxylic acids is 4. The third-order valence-electron chi connectivity index (χ3n) is 15.6. The Balaban J connectivity index is 0.00000961. The van der Waals surface area contributed by atoms with Gasteiger partial charge >= 0.3 is 18.3 Å². The summed E-state index contributed by atoms with van der Waals surface area (Å²) in [6.45, 7) is 15.1. The van der Waals surface area contributed by atoms with E-state index in [-0.39, 0.29) is 83.5 Å². The van der Waals surface area contributed by atoms with Crippen LogP contribution in [0.3, 0.4) is 0 Å². The van der Waals surface area contributed by atoms with Gasteiger partial charge in [-0.1, -0.05) is 22.9 Å². The van der Waals surface area contributed by atoms with Crippen molar-refractivity contribution in [2.45, 2.75) is 172 Å². The van der Waals surface area contributed by atoms with Crippen molar-refractivity contribution in [2.24, 2.45) is 0 Å². The van der Waals surface area contributed by atoms with Crippen LogP contribution in [0.1, 0.15) is 140 Å². The van der Waals surface area contributed by atoms with E-state index in [9.17, 15) is 37.6 Å². The molecule has 3 N–H and O–H groups in total. The van der Waals surface area contributed by atoms with Gasteiger partial charge in [-0.25, -0.2) is 0 Å². The molecule has 5 aliphatic rings. The molecule has 24 heteroatoms. The number of carbonyl (C=O) groups is 4. The van der Waals surface area contributed by atoms with E-state index in [1.807, 2.05) is 18.7 Å². The van der Waals surface area contributed by atoms with Crippen LogP contribution in [0.2, 0.25) is 0 Å². The summed E-state index contributed by atoms with van der Waals surface area (Å²) in [6.07, 6.45) is -5.29. The lowest BCUT2D eigenvalue weighted by Crippen LogP contribution is -2.57. The number of benzene rings is 2. The lowest BCUT2D eigenvalue weighted by atomic mass is 9.89. The normalized spacial score (nSPS) is 25.3. The summed E-state index contributed by atoms with van der Waals surface area (Å²) in [7, 11) is 0. The van der Waals surface area contributed by atoms with Gasteiger partial charge in [-0.3, -0.25) is 38.8 Å². The van der Waals surface area contributed by atoms with Gasteiger partial charge < -0.3 is 30.2 Å². The Morgan fingerprint density at radius 3 is 1.78 bits per heavy atom. The van der Waals surface area contributed by atoms with Crippen molar-refractivity contribution in [3.63, 3.8) is 0 Å². The third kappa shape index (κ3) is 12.8. The molecule has 2 aromatic carbocycles. The van der Waals surface area contributed by atoms with Crippen molar-refractivity contribution in [3.05, 3.63) is 52.6 Å². The highest BCUT2D eigenvalue weighted by Crippen LogP contribution is 2.48. The van der Waals surface area contributed by atoms with Gasteiger partial charge in [-0.15, -0.1) is 0 Å². The van der Waals surface area contributed by atoms with Gasteiger partial charge in [-0.2, -0.15) is 31.6 Å². The number of rotatable bonds is 17. The summed E-state index contributed by atoms with van der Waals surface area (Å²) >= 11 is 15.0. The van der Waals surface area contributed by atoms with Gasteiger partial charge in [0, 0.05) is 67.7 Å². The van der Waals surface area contributed by atoms with Crippen molar-refractivity contribution < 1.29 is 59.7 Å². The van der Waals surface area contributed by atoms with E-state index >= 15 is 13.2 Å². The highest BCUT2D eigenvalue weighted by molar-refractivity contribution is 9.09. The number of hydrogen-bond acceptors (Lipinski definition) is 13. The maximum atomic E-state index is 15.2. The molecule has 0 radical (unpaired) electrons. The molecule has 0 unspecified atom stereocenters. The number of thiocarbonyl (C=S) groups is 2. The number of nitrogens with zero attached hydrogens (tertiary/aromatic N) is 7. The van der Waals surface area contributed by atoms with Gasteiger partial charge in [0.05, 0.1) is 60.4 Å². The van der Waals surface area contributed by atoms with Crippen LogP contribution in [-0.2, 0) is 36.2 Å². The minimum absolute atomic E-state index is 0. The van der Waals surface area contributed by atoms with Crippen LogP contribution in [0.4, 0.5) is 37.7 Å². The number of alkyl halides is 7. The summed E-state index contributed by atoms with van der Waals surface area (Å²) in [4.78, 5) is 65.1. The second kappa shape index (κ2) is 24.6. The molecule has 0 spiro atoms. The minimum atomic E-state index is -5.16. The van der Waals surface area contributed by atoms with Crippen LogP contribution in [0.5, 0.6) is 5.75 Å². The summed E-state index contributed by atoms with van der Waals surface area (Å²) in [5.41, 5.74) is -6.62. The molecule has 3 aliphatic heterocycles. The second-order valence-corrected chi connectivity index (χ2v) is 22.9. The first-order valence-electron chi connectivity index (χ1n) is 25.9. The van der Waals surface area contributed by atoms with Crippen molar-refractivity contribution in [1.29, 1.82) is 5.26 Å². The zero-order chi connectivity index (χ0) is 55.8. The Hall–Kier alpha value is -4.35. The maximum Gasteiger partial charge on any atom is 0.420 e. The van der Waals surface area contributed by atoms with Gasteiger partial charge in [0.2, 0.25) is 0 Å². The molecule has 424 valence electrons. The van der Waals surface area contributed by atoms with E-state index in [1.54, 1.807) is 38.7 Å². The highest BCUT2D eigenvalue weighted by Gasteiger charge is 2.55. The Morgan fingerprint density at radius 2 is 1.29 bits per heavy atom. The quantitative estimate of drug-likeness (QED) is 0.0395. The predicted molar refractivity (Wildman–Crippen MR) is 289 cm³/mol. The standard InChI is InChI=1S/C53H66BrF6N7O7S2.H3N/c1-8-42(68)39-19-20-41(65-47(71)51(6,7)67(49(65)76)35-11-15-37(16-12-35)72-25-22-54)45(44(39)53(58,59)60)74-43(69)21-23-63-31(2)29-62(30-32(63)3)24-26-73-38-17-13-34(14-18-38)66-48(75)64(46(70)50(66,4)5)36-10-9-33(28-61)40(27-36)52(55,56)57;/h9-10,19-20,27,31-32,34-35,37-38H,8,11-18,21-26,29-30H2,1-7H3;1H3/t31-,32+,34?,35?,37?,38?;. The zero-order valence-electron chi connectivity index (χ0n) is 44.5. The molecular formula is C53H69BrF6N8O7S2. The molecule has 5 fully saturated rings. The van der Waals surface area contributed by atoms with Crippen molar-refractivity contribution in [1.82, 2.24) is 25.8 Å². The number of nitriles is 1. The zero-order valence-corrected chi connectivity index (χ0v) is 47.7. The number of piperazine rings is 1. The number of anilines is 2. The monoisotopic (exact) mass is 1190 g/mol. The van der Waals surface area contributed by atoms with E-state index in [2.05, 4.69) is 25.7 Å². The Labute approximate surface area is 465 Å². The molecule has 2 amide bonds. The van der Waals surface area contributed by atoms with Crippen LogP contribution < -0.4 is 20.7 Å². The molecule has 0 bridgehead atoms. The Morgan fingerprint density at radius 1 is 0.766 bits per heavy atom. The van der Waals surface area contributed by atoms with Gasteiger partial charge in [0.25, 0.3) is 11.8 Å². The molecule has 2 saturated carbocycles. The predicted octanol–water partition coefficient (Wildman–Crippen LogP) is 10.2. The minimum Gasteiger partial charge on any atom is -0.424 e. The van der Waals surface area contributed by atoms with E-state index in [0.717, 1.165) is 28.0 Å². The Kier molecular flexibility index (Phi) is 19.7. The second-order valence-electron chi connectivity index (χ2n) is 21.4. The number of Topliss-reactive ketones (excluding diaryl/α,β-unsaturated/α-hetero) is 1. The molecule has 2 aromatic rings. The number of esters is 1. The average molecular weight is 1190 g/mol. The summed E-state index contributed by atoms with van der Waals surface area (Å²) in [6, 6.07) is 6.42. The molecule has 2 aliphatic carbocycles. The number of hydrogen-bond donors (Lipinski definition) is 1. The fraction of sp³-hybridized carbons (Fsp3) is 0.642. The lowest BCUT2D eigenvalue weighted by Gasteiger charge is -2.44. The SMILES string of the molecule is CCC(=O)c1ccc(N2C(=O)C(C)(C)N(C3CCC(OCCBr)CC3)C2=S)c(OC(=O)CCN2[C@H](C)CN(CCOC3CCC(N4C(=S)N(c5ccc(C#N)c(C(F)(F)F)c5)C(=O)C4(C)C)CC3)C[C@@H]2C)c1C(F)(F)F.N. The molecule has 2 atom stereocenters. The van der Waals surface area contributed by atoms with Gasteiger partial charge in [-0.05, 0) is 148 Å². The fourth-order valence-electron chi connectivity index (χ4n) is 11.8. The van der Waals surface area contributed by atoms with Crippen molar-refractivity contribution in [3.8, 4) is 11.8 Å². The topological polar surface area (TPSA) is 174 Å². The molecular weight excluding hydrogens is 1120 g/mol. The van der Waals surface area contributed by atoms with Crippen LogP contribution >= 0.6 is 40.4 Å². The van der Waals surface area contributed by atoms with E-state index in [0.29, 0.717) is 89.5 Å². The molecule has 7 rings (SSSR count). The first kappa shape index (κ1) is 61.9. The summed E-state index contributed by atoms with van der Waals surface area (Å²) in [5.74, 6) is -3.78. The highest BCUT2D eigenvalue weighted by atomic mass is 79.9. The van der Waals surface area contributed by atoms with E-state index in [1.165, 1.54) is 19.1 Å². The van der Waals surface area contributed by atoms with Crippen molar-refractivity contribution in [2.75, 3.05) is 54.5 Å². The van der Waals surface area contributed by atoms with E-state index in [4.69, 9.17) is 38.6 Å². The molecule has 0 aromatic heterocycles. The molecule has 77 heavy (non-hydrogen) atoms. The molecule has 3 saturated heterocycles. The molecule has 3 heterocycles. The first-order valence-corrected chi connectivity index (χ1v) is 27.8. The molecule has 15 nitrogen and oxygen atoms in total. The van der Waals surface area contributed by atoms with Crippen molar-refractivity contribution >= 4 is 85.5 Å². The van der Waals surface area contributed by atoms with Crippen LogP contribution in [0.25, 0.3) is 0 Å². The number of amides is 2. The van der Waals surface area contributed by atoms with Gasteiger partial charge in [0.15, 0.2) is 21.8 Å². The number of ketones is 1. The largest absolute Gasteiger partial charge is 0.424 e. The number of ether oxygens (including phenoxy) is 3. The average Bonchev–Trinajstić information content (AvgIpc) is 3.65. The van der Waals surface area contributed by atoms with Crippen LogP contribution in [0, 0.1) is 11.3 Å². The van der Waals surface area contributed by atoms with E-state index < -0.39 is 75.0 Å². The summed E-state index contributed by atoms with van der Waals surface area (Å²) in [5, 5.41) is 10.1. The Bertz CT molecular complexity index is 2590.